The normalized spacial score (nSPS) is 15.8. The van der Waals surface area contributed by atoms with Gasteiger partial charge in [-0.1, -0.05) is 49.4 Å². The van der Waals surface area contributed by atoms with Crippen LogP contribution in [0.4, 0.5) is 0 Å². The molecule has 1 N–H and O–H groups in total. The summed E-state index contributed by atoms with van der Waals surface area (Å²) in [4.78, 5) is 24.7. The second-order valence-corrected chi connectivity index (χ2v) is 7.64. The summed E-state index contributed by atoms with van der Waals surface area (Å²) in [5.74, 6) is -0.533. The number of allylic oxidation sites excluding steroid dienone is 2. The molecule has 0 bridgehead atoms. The van der Waals surface area contributed by atoms with E-state index in [1.165, 1.54) is 7.11 Å². The zero-order chi connectivity index (χ0) is 23.1. The molecule has 0 amide bonds. The van der Waals surface area contributed by atoms with Crippen molar-refractivity contribution in [1.82, 2.24) is 5.32 Å². The van der Waals surface area contributed by atoms with Crippen LogP contribution in [-0.4, -0.2) is 32.3 Å². The number of rotatable bonds is 8. The van der Waals surface area contributed by atoms with Crippen molar-refractivity contribution in [3.63, 3.8) is 0 Å². The summed E-state index contributed by atoms with van der Waals surface area (Å²) in [5.41, 5.74) is 4.52. The maximum atomic E-state index is 12.7. The van der Waals surface area contributed by atoms with Crippen LogP contribution in [0.5, 0.6) is 5.75 Å². The number of esters is 2. The van der Waals surface area contributed by atoms with E-state index in [0.29, 0.717) is 35.6 Å². The molecule has 1 atom stereocenters. The molecule has 0 spiro atoms. The Hall–Kier alpha value is -3.54. The maximum Gasteiger partial charge on any atom is 0.336 e. The molecule has 1 aliphatic heterocycles. The number of hydrogen-bond acceptors (Lipinski definition) is 6. The topological polar surface area (TPSA) is 73.9 Å². The lowest BCUT2D eigenvalue weighted by Crippen LogP contribution is -2.32. The molecular weight excluding hydrogens is 406 g/mol. The molecule has 3 rings (SSSR count). The lowest BCUT2D eigenvalue weighted by Gasteiger charge is -2.27. The number of benzene rings is 2. The van der Waals surface area contributed by atoms with E-state index in [1.807, 2.05) is 42.5 Å². The fraction of sp³-hybridized carbons (Fsp3) is 0.308. The molecule has 2 aromatic rings. The van der Waals surface area contributed by atoms with Gasteiger partial charge < -0.3 is 19.5 Å². The van der Waals surface area contributed by atoms with Crippen molar-refractivity contribution in [3.8, 4) is 16.9 Å². The number of dihydropyridines is 1. The Morgan fingerprint density at radius 3 is 2.06 bits per heavy atom. The molecule has 0 aliphatic carbocycles. The molecule has 2 aromatic carbocycles. The molecule has 0 fully saturated rings. The van der Waals surface area contributed by atoms with Crippen molar-refractivity contribution in [3.05, 3.63) is 77.1 Å². The highest BCUT2D eigenvalue weighted by atomic mass is 16.5. The van der Waals surface area contributed by atoms with E-state index < -0.39 is 17.9 Å². The van der Waals surface area contributed by atoms with Crippen LogP contribution in [0, 0.1) is 5.92 Å². The molecule has 0 radical (unpaired) electrons. The minimum atomic E-state index is -0.452. The Kier molecular flexibility index (Phi) is 7.71. The zero-order valence-corrected chi connectivity index (χ0v) is 18.9. The van der Waals surface area contributed by atoms with Crippen molar-refractivity contribution < 1.29 is 23.8 Å². The van der Waals surface area contributed by atoms with Crippen LogP contribution in [-0.2, 0) is 19.1 Å². The van der Waals surface area contributed by atoms with Crippen molar-refractivity contribution in [2.24, 2.45) is 5.92 Å². The fourth-order valence-corrected chi connectivity index (χ4v) is 3.85. The minimum absolute atomic E-state index is 0.223. The van der Waals surface area contributed by atoms with Crippen LogP contribution in [0.15, 0.2) is 77.1 Å². The first-order valence-electron chi connectivity index (χ1n) is 10.6. The van der Waals surface area contributed by atoms with E-state index in [4.69, 9.17) is 14.2 Å². The second-order valence-electron chi connectivity index (χ2n) is 7.64. The molecule has 32 heavy (non-hydrogen) atoms. The number of methoxy groups -OCH3 is 1. The Morgan fingerprint density at radius 2 is 1.44 bits per heavy atom. The minimum Gasteiger partial charge on any atom is -0.493 e. The molecule has 1 heterocycles. The summed E-state index contributed by atoms with van der Waals surface area (Å²) >= 11 is 0. The third kappa shape index (κ3) is 5.38. The molecule has 168 valence electrons. The van der Waals surface area contributed by atoms with Crippen LogP contribution < -0.4 is 10.1 Å². The molecule has 0 saturated heterocycles. The molecule has 1 aliphatic rings. The average molecular weight is 436 g/mol. The molecule has 1 unspecified atom stereocenters. The fourth-order valence-electron chi connectivity index (χ4n) is 3.85. The van der Waals surface area contributed by atoms with Crippen molar-refractivity contribution in [2.75, 3.05) is 20.3 Å². The highest BCUT2D eigenvalue weighted by Gasteiger charge is 2.33. The lowest BCUT2D eigenvalue weighted by molar-refractivity contribution is -0.140. The zero-order valence-electron chi connectivity index (χ0n) is 18.9. The van der Waals surface area contributed by atoms with Gasteiger partial charge in [-0.3, -0.25) is 0 Å². The first-order chi connectivity index (χ1) is 15.4. The van der Waals surface area contributed by atoms with Gasteiger partial charge >= 0.3 is 11.9 Å². The van der Waals surface area contributed by atoms with E-state index in [2.05, 4.69) is 17.4 Å². The number of carbonyl (C=O) groups is 2. The van der Waals surface area contributed by atoms with Gasteiger partial charge in [-0.2, -0.15) is 0 Å². The predicted molar refractivity (Wildman–Crippen MR) is 123 cm³/mol. The third-order valence-electron chi connectivity index (χ3n) is 5.43. The number of ether oxygens (including phenoxy) is 3. The van der Waals surface area contributed by atoms with E-state index in [1.54, 1.807) is 20.8 Å². The molecule has 6 nitrogen and oxygen atoms in total. The molecule has 6 heteroatoms. The van der Waals surface area contributed by atoms with Gasteiger partial charge in [-0.05, 0) is 37.1 Å². The average Bonchev–Trinajstić information content (AvgIpc) is 2.79. The van der Waals surface area contributed by atoms with Gasteiger partial charge in [0.25, 0.3) is 0 Å². The summed E-state index contributed by atoms with van der Waals surface area (Å²) in [6.45, 7) is 6.04. The molecular formula is C26H29NO5. The maximum absolute atomic E-state index is 12.7. The van der Waals surface area contributed by atoms with Crippen molar-refractivity contribution in [2.45, 2.75) is 27.2 Å². The largest absolute Gasteiger partial charge is 0.493 e. The Balaban J connectivity index is 1.47. The Morgan fingerprint density at radius 1 is 0.844 bits per heavy atom. The predicted octanol–water partition coefficient (Wildman–Crippen LogP) is 4.63. The van der Waals surface area contributed by atoms with E-state index in [0.717, 1.165) is 16.9 Å². The number of carbonyl (C=O) groups excluding carboxylic acids is 2. The van der Waals surface area contributed by atoms with E-state index in [9.17, 15) is 9.59 Å². The van der Waals surface area contributed by atoms with Crippen LogP contribution >= 0.6 is 0 Å². The lowest BCUT2D eigenvalue weighted by atomic mass is 9.87. The number of nitrogens with one attached hydrogen (secondary N) is 1. The van der Waals surface area contributed by atoms with Gasteiger partial charge in [0, 0.05) is 23.7 Å². The molecule has 0 saturated carbocycles. The van der Waals surface area contributed by atoms with Crippen LogP contribution in [0.3, 0.4) is 0 Å². The standard InChI is InChI=1S/C26H29NO5/c1-17-23(25(28)30-4)18(2)27-19(3)24(17)26(29)32-16-8-15-31-22-13-11-21(12-14-22)20-9-6-5-7-10-20/h5-7,9-14,17,27H,8,15-16H2,1-4H3. The summed E-state index contributed by atoms with van der Waals surface area (Å²) in [6.07, 6.45) is 0.555. The third-order valence-corrected chi connectivity index (χ3v) is 5.43. The van der Waals surface area contributed by atoms with Gasteiger partial charge in [-0.15, -0.1) is 0 Å². The van der Waals surface area contributed by atoms with E-state index in [-0.39, 0.29) is 6.61 Å². The highest BCUT2D eigenvalue weighted by Crippen LogP contribution is 2.30. The van der Waals surface area contributed by atoms with Crippen LogP contribution in [0.2, 0.25) is 0 Å². The smallest absolute Gasteiger partial charge is 0.336 e. The first kappa shape index (κ1) is 23.1. The van der Waals surface area contributed by atoms with Gasteiger partial charge in [0.2, 0.25) is 0 Å². The summed E-state index contributed by atoms with van der Waals surface area (Å²) in [6, 6.07) is 18.0. The monoisotopic (exact) mass is 435 g/mol. The SMILES string of the molecule is COC(=O)C1=C(C)NC(C)=C(C(=O)OCCCOc2ccc(-c3ccccc3)cc2)C1C. The van der Waals surface area contributed by atoms with Crippen LogP contribution in [0.25, 0.3) is 11.1 Å². The Labute approximate surface area is 188 Å². The highest BCUT2D eigenvalue weighted by molar-refractivity contribution is 5.97. The summed E-state index contributed by atoms with van der Waals surface area (Å²) in [5, 5.41) is 3.08. The second kappa shape index (κ2) is 10.7. The Bertz CT molecular complexity index is 1020. The van der Waals surface area contributed by atoms with Crippen molar-refractivity contribution in [1.29, 1.82) is 0 Å². The summed E-state index contributed by atoms with van der Waals surface area (Å²) in [7, 11) is 1.33. The van der Waals surface area contributed by atoms with Gasteiger partial charge in [-0.25, -0.2) is 9.59 Å². The van der Waals surface area contributed by atoms with Gasteiger partial charge in [0.15, 0.2) is 0 Å². The summed E-state index contributed by atoms with van der Waals surface area (Å²) < 4.78 is 16.1. The number of hydrogen-bond donors (Lipinski definition) is 1. The first-order valence-corrected chi connectivity index (χ1v) is 10.6. The van der Waals surface area contributed by atoms with E-state index >= 15 is 0 Å². The molecule has 0 aromatic heterocycles. The van der Waals surface area contributed by atoms with Gasteiger partial charge in [0.1, 0.15) is 5.75 Å². The quantitative estimate of drug-likeness (QED) is 0.482. The van der Waals surface area contributed by atoms with Crippen molar-refractivity contribution >= 4 is 11.9 Å². The van der Waals surface area contributed by atoms with Gasteiger partial charge in [0.05, 0.1) is 31.5 Å². The van der Waals surface area contributed by atoms with Crippen LogP contribution in [0.1, 0.15) is 27.2 Å².